The van der Waals surface area contributed by atoms with Crippen molar-refractivity contribution in [3.8, 4) is 5.75 Å². The molecule has 1 aromatic rings. The van der Waals surface area contributed by atoms with Gasteiger partial charge in [-0.1, -0.05) is 13.0 Å². The van der Waals surface area contributed by atoms with E-state index in [9.17, 15) is 0 Å². The van der Waals surface area contributed by atoms with Crippen molar-refractivity contribution >= 4 is 0 Å². The number of ether oxygens (including phenoxy) is 1. The number of hydrogen-bond donors (Lipinski definition) is 1. The van der Waals surface area contributed by atoms with E-state index in [1.165, 1.54) is 11.1 Å². The third-order valence-corrected chi connectivity index (χ3v) is 2.22. The SMILES string of the molecule is CCc1ccc(OC)cc1C(C)N. The molecule has 0 aromatic heterocycles. The van der Waals surface area contributed by atoms with E-state index in [0.717, 1.165) is 12.2 Å². The first-order valence-corrected chi connectivity index (χ1v) is 4.61. The second-order valence-corrected chi connectivity index (χ2v) is 3.21. The first kappa shape index (κ1) is 10.1. The maximum absolute atomic E-state index is 5.86. The van der Waals surface area contributed by atoms with Crippen molar-refractivity contribution in [1.29, 1.82) is 0 Å². The van der Waals surface area contributed by atoms with Crippen LogP contribution < -0.4 is 10.5 Å². The maximum Gasteiger partial charge on any atom is 0.119 e. The van der Waals surface area contributed by atoms with Crippen LogP contribution in [-0.4, -0.2) is 7.11 Å². The quantitative estimate of drug-likeness (QED) is 0.772. The number of methoxy groups -OCH3 is 1. The van der Waals surface area contributed by atoms with Crippen molar-refractivity contribution in [2.24, 2.45) is 5.73 Å². The minimum absolute atomic E-state index is 0.0741. The summed E-state index contributed by atoms with van der Waals surface area (Å²) in [5, 5.41) is 0. The molecule has 1 rings (SSSR count). The van der Waals surface area contributed by atoms with Gasteiger partial charge in [0.2, 0.25) is 0 Å². The van der Waals surface area contributed by atoms with Crippen molar-refractivity contribution in [2.45, 2.75) is 26.3 Å². The van der Waals surface area contributed by atoms with Gasteiger partial charge in [-0.3, -0.25) is 0 Å². The van der Waals surface area contributed by atoms with Gasteiger partial charge < -0.3 is 10.5 Å². The van der Waals surface area contributed by atoms with E-state index < -0.39 is 0 Å². The average Bonchev–Trinajstić information content (AvgIpc) is 2.16. The molecule has 0 saturated carbocycles. The molecule has 1 unspecified atom stereocenters. The highest BCUT2D eigenvalue weighted by molar-refractivity contribution is 5.37. The fraction of sp³-hybridized carbons (Fsp3) is 0.455. The zero-order valence-electron chi connectivity index (χ0n) is 8.50. The number of nitrogens with two attached hydrogens (primary N) is 1. The van der Waals surface area contributed by atoms with Crippen LogP contribution in [0.5, 0.6) is 5.75 Å². The van der Waals surface area contributed by atoms with Crippen LogP contribution in [0.1, 0.15) is 31.0 Å². The summed E-state index contributed by atoms with van der Waals surface area (Å²) in [6.07, 6.45) is 1.01. The highest BCUT2D eigenvalue weighted by Crippen LogP contribution is 2.22. The first-order chi connectivity index (χ1) is 6.19. The topological polar surface area (TPSA) is 35.2 Å². The van der Waals surface area contributed by atoms with E-state index in [4.69, 9.17) is 10.5 Å². The Bertz CT molecular complexity index is 281. The van der Waals surface area contributed by atoms with Gasteiger partial charge in [-0.15, -0.1) is 0 Å². The molecule has 0 radical (unpaired) electrons. The Kier molecular flexibility index (Phi) is 3.32. The van der Waals surface area contributed by atoms with Crippen LogP contribution in [0.4, 0.5) is 0 Å². The van der Waals surface area contributed by atoms with Gasteiger partial charge >= 0.3 is 0 Å². The lowest BCUT2D eigenvalue weighted by atomic mass is 10.00. The van der Waals surface area contributed by atoms with Gasteiger partial charge in [-0.25, -0.2) is 0 Å². The van der Waals surface area contributed by atoms with Crippen LogP contribution in [0.3, 0.4) is 0 Å². The van der Waals surface area contributed by atoms with Crippen molar-refractivity contribution < 1.29 is 4.74 Å². The Morgan fingerprint density at radius 2 is 2.15 bits per heavy atom. The number of benzene rings is 1. The van der Waals surface area contributed by atoms with Gasteiger partial charge in [0.15, 0.2) is 0 Å². The molecule has 0 amide bonds. The Balaban J connectivity index is 3.10. The fourth-order valence-corrected chi connectivity index (χ4v) is 1.45. The highest BCUT2D eigenvalue weighted by Gasteiger charge is 2.06. The summed E-state index contributed by atoms with van der Waals surface area (Å²) in [7, 11) is 1.67. The van der Waals surface area contributed by atoms with Gasteiger partial charge in [-0.05, 0) is 36.6 Å². The fourth-order valence-electron chi connectivity index (χ4n) is 1.45. The summed E-state index contributed by atoms with van der Waals surface area (Å²) < 4.78 is 5.15. The standard InChI is InChI=1S/C11H17NO/c1-4-9-5-6-10(13-3)7-11(9)8(2)12/h5-8H,4,12H2,1-3H3. The maximum atomic E-state index is 5.86. The normalized spacial score (nSPS) is 12.6. The zero-order chi connectivity index (χ0) is 9.84. The largest absolute Gasteiger partial charge is 0.497 e. The highest BCUT2D eigenvalue weighted by atomic mass is 16.5. The third kappa shape index (κ3) is 2.22. The molecule has 0 spiro atoms. The summed E-state index contributed by atoms with van der Waals surface area (Å²) in [6.45, 7) is 4.13. The van der Waals surface area contributed by atoms with Crippen molar-refractivity contribution in [1.82, 2.24) is 0 Å². The Morgan fingerprint density at radius 3 is 2.62 bits per heavy atom. The molecule has 0 bridgehead atoms. The summed E-state index contributed by atoms with van der Waals surface area (Å²) in [6, 6.07) is 6.15. The molecule has 13 heavy (non-hydrogen) atoms. The predicted octanol–water partition coefficient (Wildman–Crippen LogP) is 2.28. The van der Waals surface area contributed by atoms with Crippen molar-refractivity contribution in [3.05, 3.63) is 29.3 Å². The number of aryl methyl sites for hydroxylation is 1. The average molecular weight is 179 g/mol. The van der Waals surface area contributed by atoms with E-state index in [2.05, 4.69) is 13.0 Å². The zero-order valence-corrected chi connectivity index (χ0v) is 8.50. The number of hydrogen-bond acceptors (Lipinski definition) is 2. The van der Waals surface area contributed by atoms with E-state index in [1.807, 2.05) is 19.1 Å². The lowest BCUT2D eigenvalue weighted by molar-refractivity contribution is 0.413. The van der Waals surface area contributed by atoms with Crippen molar-refractivity contribution in [2.75, 3.05) is 7.11 Å². The van der Waals surface area contributed by atoms with Crippen LogP contribution in [0.15, 0.2) is 18.2 Å². The van der Waals surface area contributed by atoms with E-state index in [1.54, 1.807) is 7.11 Å². The second kappa shape index (κ2) is 4.28. The van der Waals surface area contributed by atoms with Crippen LogP contribution in [0.25, 0.3) is 0 Å². The molecule has 0 saturated heterocycles. The van der Waals surface area contributed by atoms with Gasteiger partial charge in [0, 0.05) is 6.04 Å². The van der Waals surface area contributed by atoms with E-state index in [0.29, 0.717) is 0 Å². The van der Waals surface area contributed by atoms with Crippen LogP contribution >= 0.6 is 0 Å². The molecule has 0 aliphatic carbocycles. The van der Waals surface area contributed by atoms with Gasteiger partial charge in [-0.2, -0.15) is 0 Å². The molecule has 72 valence electrons. The minimum Gasteiger partial charge on any atom is -0.497 e. The molecule has 2 N–H and O–H groups in total. The molecule has 0 heterocycles. The monoisotopic (exact) mass is 179 g/mol. The molecule has 2 nitrogen and oxygen atoms in total. The summed E-state index contributed by atoms with van der Waals surface area (Å²) >= 11 is 0. The van der Waals surface area contributed by atoms with Crippen LogP contribution in [-0.2, 0) is 6.42 Å². The van der Waals surface area contributed by atoms with E-state index in [-0.39, 0.29) is 6.04 Å². The third-order valence-electron chi connectivity index (χ3n) is 2.22. The molecular formula is C11H17NO. The summed E-state index contributed by atoms with van der Waals surface area (Å²) in [5.74, 6) is 0.879. The summed E-state index contributed by atoms with van der Waals surface area (Å²) in [5.41, 5.74) is 8.34. The smallest absolute Gasteiger partial charge is 0.119 e. The molecule has 1 atom stereocenters. The Hall–Kier alpha value is -1.02. The summed E-state index contributed by atoms with van der Waals surface area (Å²) in [4.78, 5) is 0. The lowest BCUT2D eigenvalue weighted by Gasteiger charge is -2.12. The van der Waals surface area contributed by atoms with Crippen LogP contribution in [0.2, 0.25) is 0 Å². The Morgan fingerprint density at radius 1 is 1.46 bits per heavy atom. The molecular weight excluding hydrogens is 162 g/mol. The Labute approximate surface area is 79.7 Å². The number of rotatable bonds is 3. The van der Waals surface area contributed by atoms with Crippen LogP contribution in [0, 0.1) is 0 Å². The predicted molar refractivity (Wildman–Crippen MR) is 55.0 cm³/mol. The lowest BCUT2D eigenvalue weighted by Crippen LogP contribution is -2.08. The second-order valence-electron chi connectivity index (χ2n) is 3.21. The molecule has 2 heteroatoms. The molecule has 1 aromatic carbocycles. The van der Waals surface area contributed by atoms with Gasteiger partial charge in [0.25, 0.3) is 0 Å². The van der Waals surface area contributed by atoms with Crippen molar-refractivity contribution in [3.63, 3.8) is 0 Å². The van der Waals surface area contributed by atoms with E-state index >= 15 is 0 Å². The van der Waals surface area contributed by atoms with Gasteiger partial charge in [0.1, 0.15) is 5.75 Å². The van der Waals surface area contributed by atoms with Gasteiger partial charge in [0.05, 0.1) is 7.11 Å². The molecule has 0 fully saturated rings. The molecule has 0 aliphatic rings. The minimum atomic E-state index is 0.0741. The first-order valence-electron chi connectivity index (χ1n) is 4.61. The molecule has 0 aliphatic heterocycles.